The molecule has 0 aliphatic carbocycles. The number of nitrogens with zero attached hydrogens (tertiary/aromatic N) is 3. The predicted octanol–water partition coefficient (Wildman–Crippen LogP) is 1.94. The zero-order valence-electron chi connectivity index (χ0n) is 19.8. The molecule has 0 saturated carbocycles. The number of amides is 2. The molecule has 10 nitrogen and oxygen atoms in total. The Labute approximate surface area is 194 Å². The molecule has 3 heterocycles. The van der Waals surface area contributed by atoms with Gasteiger partial charge in [0.05, 0.1) is 25.3 Å². The largest absolute Gasteiger partial charge is 0.465 e. The Hall–Kier alpha value is -2.62. The zero-order valence-corrected chi connectivity index (χ0v) is 19.8. The quantitative estimate of drug-likeness (QED) is 0.506. The molecule has 0 spiro atoms. The topological polar surface area (TPSA) is 112 Å². The van der Waals surface area contributed by atoms with E-state index in [0.717, 1.165) is 30.5 Å². The molecule has 0 radical (unpaired) electrons. The van der Waals surface area contributed by atoms with Gasteiger partial charge < -0.3 is 24.4 Å². The van der Waals surface area contributed by atoms with Crippen LogP contribution in [0.4, 0.5) is 4.79 Å². The second-order valence-electron chi connectivity index (χ2n) is 8.42. The maximum atomic E-state index is 12.8. The van der Waals surface area contributed by atoms with Crippen molar-refractivity contribution in [2.75, 3.05) is 46.6 Å². The molecule has 10 heteroatoms. The molecule has 33 heavy (non-hydrogen) atoms. The summed E-state index contributed by atoms with van der Waals surface area (Å²) < 4.78 is 17.7. The van der Waals surface area contributed by atoms with Crippen molar-refractivity contribution in [3.63, 3.8) is 0 Å². The summed E-state index contributed by atoms with van der Waals surface area (Å²) in [7, 11) is 1.36. The van der Waals surface area contributed by atoms with E-state index in [-0.39, 0.29) is 23.9 Å². The van der Waals surface area contributed by atoms with Gasteiger partial charge in [0.15, 0.2) is 0 Å². The normalized spacial score (nSPS) is 18.1. The van der Waals surface area contributed by atoms with Crippen LogP contribution in [0.3, 0.4) is 0 Å². The monoisotopic (exact) mass is 464 g/mol. The summed E-state index contributed by atoms with van der Waals surface area (Å²) in [4.78, 5) is 38.4. The van der Waals surface area contributed by atoms with Gasteiger partial charge in [-0.15, -0.1) is 0 Å². The van der Waals surface area contributed by atoms with Crippen LogP contribution in [-0.4, -0.2) is 79.2 Å². The number of fused-ring (bicyclic) bond motifs is 1. The molecule has 0 aromatic carbocycles. The standard InChI is InChI=1S/C23H36N4O6/c1-3-27-20-18(7-4-14-32-15-6-11-24-21(20)28)19(25-27)8-5-16-33-22(29)17-9-12-26(13-10-17)23(30)31-2/h17H,3-16H2,1-2H3,(H,24,28). The van der Waals surface area contributed by atoms with Gasteiger partial charge in [0.1, 0.15) is 5.69 Å². The number of nitrogens with one attached hydrogen (secondary N) is 1. The fourth-order valence-electron chi connectivity index (χ4n) is 4.37. The van der Waals surface area contributed by atoms with Crippen molar-refractivity contribution in [3.05, 3.63) is 17.0 Å². The molecule has 1 fully saturated rings. The minimum Gasteiger partial charge on any atom is -0.465 e. The van der Waals surface area contributed by atoms with E-state index in [4.69, 9.17) is 19.3 Å². The Balaban J connectivity index is 1.53. The minimum atomic E-state index is -0.356. The highest BCUT2D eigenvalue weighted by Gasteiger charge is 2.29. The van der Waals surface area contributed by atoms with Crippen LogP contribution in [-0.2, 0) is 38.4 Å². The number of methoxy groups -OCH3 is 1. The van der Waals surface area contributed by atoms with E-state index in [9.17, 15) is 14.4 Å². The third-order valence-electron chi connectivity index (χ3n) is 6.18. The van der Waals surface area contributed by atoms with Crippen molar-refractivity contribution >= 4 is 18.0 Å². The lowest BCUT2D eigenvalue weighted by Gasteiger charge is -2.29. The SMILES string of the molecule is CCn1nc(CCCOC(=O)C2CCN(C(=O)OC)CC2)c2c1C(=O)NCCCOCCC2. The van der Waals surface area contributed by atoms with E-state index in [1.54, 1.807) is 9.58 Å². The molecule has 1 aromatic rings. The van der Waals surface area contributed by atoms with Gasteiger partial charge in [-0.1, -0.05) is 0 Å². The van der Waals surface area contributed by atoms with Crippen LogP contribution in [0.25, 0.3) is 0 Å². The van der Waals surface area contributed by atoms with Gasteiger partial charge >= 0.3 is 12.1 Å². The van der Waals surface area contributed by atoms with Crippen molar-refractivity contribution in [2.45, 2.75) is 58.4 Å². The molecule has 0 bridgehead atoms. The number of piperidine rings is 1. The Morgan fingerprint density at radius 2 is 1.97 bits per heavy atom. The molecule has 0 unspecified atom stereocenters. The lowest BCUT2D eigenvalue weighted by molar-refractivity contribution is -0.150. The van der Waals surface area contributed by atoms with Crippen LogP contribution in [0.1, 0.15) is 60.8 Å². The molecule has 184 valence electrons. The second kappa shape index (κ2) is 12.6. The van der Waals surface area contributed by atoms with Crippen LogP contribution in [0, 0.1) is 5.92 Å². The lowest BCUT2D eigenvalue weighted by Crippen LogP contribution is -2.40. The van der Waals surface area contributed by atoms with Crippen molar-refractivity contribution in [3.8, 4) is 0 Å². The maximum Gasteiger partial charge on any atom is 0.409 e. The fourth-order valence-corrected chi connectivity index (χ4v) is 4.37. The van der Waals surface area contributed by atoms with Crippen LogP contribution in [0.5, 0.6) is 0 Å². The smallest absolute Gasteiger partial charge is 0.409 e. The first kappa shape index (κ1) is 25.0. The first-order valence-corrected chi connectivity index (χ1v) is 12.0. The number of rotatable bonds is 6. The van der Waals surface area contributed by atoms with E-state index < -0.39 is 0 Å². The number of carbonyl (C=O) groups is 3. The van der Waals surface area contributed by atoms with Gasteiger partial charge in [-0.05, 0) is 51.9 Å². The number of ether oxygens (including phenoxy) is 3. The van der Waals surface area contributed by atoms with Gasteiger partial charge in [-0.2, -0.15) is 5.10 Å². The average molecular weight is 465 g/mol. The number of hydrogen-bond acceptors (Lipinski definition) is 7. The molecule has 1 saturated heterocycles. The van der Waals surface area contributed by atoms with Gasteiger partial charge in [0.2, 0.25) is 0 Å². The lowest BCUT2D eigenvalue weighted by atomic mass is 9.97. The summed E-state index contributed by atoms with van der Waals surface area (Å²) in [6.07, 6.45) is 4.44. The third kappa shape index (κ3) is 6.69. The summed E-state index contributed by atoms with van der Waals surface area (Å²) in [6, 6.07) is 0. The van der Waals surface area contributed by atoms with Crippen molar-refractivity contribution < 1.29 is 28.6 Å². The van der Waals surface area contributed by atoms with Crippen LogP contribution < -0.4 is 5.32 Å². The molecule has 3 rings (SSSR count). The van der Waals surface area contributed by atoms with Gasteiger partial charge in [0.25, 0.3) is 5.91 Å². The van der Waals surface area contributed by atoms with E-state index in [0.29, 0.717) is 77.4 Å². The molecule has 2 aliphatic heterocycles. The van der Waals surface area contributed by atoms with Crippen LogP contribution in [0.15, 0.2) is 0 Å². The third-order valence-corrected chi connectivity index (χ3v) is 6.18. The van der Waals surface area contributed by atoms with Gasteiger partial charge in [0, 0.05) is 45.0 Å². The maximum absolute atomic E-state index is 12.8. The first-order valence-electron chi connectivity index (χ1n) is 12.0. The summed E-state index contributed by atoms with van der Waals surface area (Å²) in [5.41, 5.74) is 2.51. The molecule has 2 aliphatic rings. The Morgan fingerprint density at radius 3 is 2.70 bits per heavy atom. The number of carbonyl (C=O) groups excluding carboxylic acids is 3. The summed E-state index contributed by atoms with van der Waals surface area (Å²) in [6.45, 7) is 5.79. The van der Waals surface area contributed by atoms with Crippen molar-refractivity contribution in [1.29, 1.82) is 0 Å². The van der Waals surface area contributed by atoms with E-state index in [2.05, 4.69) is 5.32 Å². The van der Waals surface area contributed by atoms with Crippen molar-refractivity contribution in [2.24, 2.45) is 5.92 Å². The number of aromatic nitrogens is 2. The molecule has 2 amide bonds. The zero-order chi connectivity index (χ0) is 23.6. The molecular weight excluding hydrogens is 428 g/mol. The van der Waals surface area contributed by atoms with E-state index >= 15 is 0 Å². The highest BCUT2D eigenvalue weighted by atomic mass is 16.5. The van der Waals surface area contributed by atoms with Crippen molar-refractivity contribution in [1.82, 2.24) is 20.0 Å². The van der Waals surface area contributed by atoms with Crippen LogP contribution in [0.2, 0.25) is 0 Å². The minimum absolute atomic E-state index is 0.0859. The van der Waals surface area contributed by atoms with E-state index in [1.165, 1.54) is 7.11 Å². The van der Waals surface area contributed by atoms with Gasteiger partial charge in [-0.25, -0.2) is 4.79 Å². The molecular formula is C23H36N4O6. The highest BCUT2D eigenvalue weighted by Crippen LogP contribution is 2.21. The molecule has 0 atom stereocenters. The van der Waals surface area contributed by atoms with Gasteiger partial charge in [-0.3, -0.25) is 14.3 Å². The second-order valence-corrected chi connectivity index (χ2v) is 8.42. The Morgan fingerprint density at radius 1 is 1.21 bits per heavy atom. The highest BCUT2D eigenvalue weighted by molar-refractivity contribution is 5.94. The fraction of sp³-hybridized carbons (Fsp3) is 0.739. The number of esters is 1. The molecule has 1 N–H and O–H groups in total. The Bertz CT molecular complexity index is 816. The number of hydrogen-bond donors (Lipinski definition) is 1. The predicted molar refractivity (Wildman–Crippen MR) is 120 cm³/mol. The Kier molecular flexibility index (Phi) is 9.53. The average Bonchev–Trinajstić information content (AvgIpc) is 3.18. The number of likely N-dealkylation sites (tertiary alicyclic amines) is 1. The van der Waals surface area contributed by atoms with E-state index in [1.807, 2.05) is 6.92 Å². The first-order chi connectivity index (χ1) is 16.0. The summed E-state index contributed by atoms with van der Waals surface area (Å²) >= 11 is 0. The number of aryl methyl sites for hydroxylation is 2. The molecule has 1 aromatic heterocycles. The summed E-state index contributed by atoms with van der Waals surface area (Å²) in [5, 5.41) is 7.67. The van der Waals surface area contributed by atoms with Crippen LogP contribution >= 0.6 is 0 Å². The summed E-state index contributed by atoms with van der Waals surface area (Å²) in [5.74, 6) is -0.489.